The Labute approximate surface area is 179 Å². The number of aromatic nitrogens is 1. The van der Waals surface area contributed by atoms with Crippen LogP contribution in [0.25, 0.3) is 0 Å². The molecule has 1 saturated heterocycles. The third-order valence-corrected chi connectivity index (χ3v) is 5.49. The van der Waals surface area contributed by atoms with Crippen molar-refractivity contribution in [1.29, 1.82) is 0 Å². The molecular weight excluding hydrogens is 378 g/mol. The summed E-state index contributed by atoms with van der Waals surface area (Å²) in [7, 11) is 1.38. The van der Waals surface area contributed by atoms with Gasteiger partial charge in [-0.25, -0.2) is 9.78 Å². The number of anilines is 2. The number of benzene rings is 1. The van der Waals surface area contributed by atoms with Crippen LogP contribution >= 0.6 is 0 Å². The average Bonchev–Trinajstić information content (AvgIpc) is 2.81. The van der Waals surface area contributed by atoms with Crippen molar-refractivity contribution in [2.45, 2.75) is 39.0 Å². The Bertz CT molecular complexity index is 769. The predicted molar refractivity (Wildman–Crippen MR) is 121 cm³/mol. The van der Waals surface area contributed by atoms with Crippen LogP contribution < -0.4 is 14.5 Å². The zero-order valence-corrected chi connectivity index (χ0v) is 18.2. The number of nitrogens with zero attached hydrogens (tertiary/aromatic N) is 3. The maximum absolute atomic E-state index is 11.5. The van der Waals surface area contributed by atoms with E-state index in [-0.39, 0.29) is 5.97 Å². The third kappa shape index (κ3) is 6.12. The first-order chi connectivity index (χ1) is 14.7. The number of carbonyl (C=O) groups excluding carboxylic acids is 1. The number of piperazine rings is 1. The van der Waals surface area contributed by atoms with Crippen LogP contribution in [0.15, 0.2) is 42.6 Å². The molecule has 0 saturated carbocycles. The van der Waals surface area contributed by atoms with E-state index in [1.165, 1.54) is 38.5 Å². The van der Waals surface area contributed by atoms with Gasteiger partial charge >= 0.3 is 5.97 Å². The summed E-state index contributed by atoms with van der Waals surface area (Å²) in [6.07, 6.45) is 7.84. The molecule has 0 bridgehead atoms. The van der Waals surface area contributed by atoms with Crippen LogP contribution in [0.4, 0.5) is 11.5 Å². The Morgan fingerprint density at radius 2 is 1.63 bits per heavy atom. The summed E-state index contributed by atoms with van der Waals surface area (Å²) in [4.78, 5) is 20.6. The second-order valence-corrected chi connectivity index (χ2v) is 7.63. The lowest BCUT2D eigenvalue weighted by Gasteiger charge is -2.36. The summed E-state index contributed by atoms with van der Waals surface area (Å²) in [6.45, 7) is 6.67. The van der Waals surface area contributed by atoms with E-state index >= 15 is 0 Å². The summed E-state index contributed by atoms with van der Waals surface area (Å²) in [5.41, 5.74) is 1.70. The van der Waals surface area contributed by atoms with Gasteiger partial charge in [-0.3, -0.25) is 0 Å². The number of methoxy groups -OCH3 is 1. The Balaban J connectivity index is 1.44. The van der Waals surface area contributed by atoms with Crippen molar-refractivity contribution in [2.24, 2.45) is 0 Å². The SMILES string of the molecule is CCCCCCCOc1ccc(N2CCN(c3ccc(C(=O)OC)cn3)CC2)cc1. The second-order valence-electron chi connectivity index (χ2n) is 7.63. The van der Waals surface area contributed by atoms with Gasteiger partial charge < -0.3 is 19.3 Å². The molecule has 0 spiro atoms. The van der Waals surface area contributed by atoms with Gasteiger partial charge in [0.2, 0.25) is 0 Å². The van der Waals surface area contributed by atoms with E-state index in [1.54, 1.807) is 12.3 Å². The van der Waals surface area contributed by atoms with Crippen LogP contribution in [-0.2, 0) is 4.74 Å². The Kier molecular flexibility index (Phi) is 8.36. The van der Waals surface area contributed by atoms with Gasteiger partial charge in [0.1, 0.15) is 11.6 Å². The van der Waals surface area contributed by atoms with Crippen molar-refractivity contribution in [3.8, 4) is 5.75 Å². The van der Waals surface area contributed by atoms with Crippen molar-refractivity contribution in [2.75, 3.05) is 49.7 Å². The number of hydrogen-bond donors (Lipinski definition) is 0. The standard InChI is InChI=1S/C24H33N3O3/c1-3-4-5-6-7-18-30-22-11-9-21(10-12-22)26-14-16-27(17-15-26)23-13-8-20(19-25-23)24(28)29-2/h8-13,19H,3-7,14-18H2,1-2H3. The van der Waals surface area contributed by atoms with Crippen LogP contribution in [0.3, 0.4) is 0 Å². The van der Waals surface area contributed by atoms with Gasteiger partial charge in [-0.2, -0.15) is 0 Å². The summed E-state index contributed by atoms with van der Waals surface area (Å²) in [6, 6.07) is 12.1. The minimum absolute atomic E-state index is 0.359. The Morgan fingerprint density at radius 1 is 0.933 bits per heavy atom. The molecule has 1 aliphatic heterocycles. The highest BCUT2D eigenvalue weighted by molar-refractivity contribution is 5.89. The van der Waals surface area contributed by atoms with Gasteiger partial charge in [0, 0.05) is 38.1 Å². The largest absolute Gasteiger partial charge is 0.494 e. The first kappa shape index (κ1) is 21.9. The fourth-order valence-electron chi connectivity index (χ4n) is 3.65. The number of unbranched alkanes of at least 4 members (excludes halogenated alkanes) is 4. The Morgan fingerprint density at radius 3 is 2.27 bits per heavy atom. The summed E-state index contributed by atoms with van der Waals surface area (Å²) in [5.74, 6) is 1.48. The zero-order chi connectivity index (χ0) is 21.2. The van der Waals surface area contributed by atoms with E-state index in [0.717, 1.165) is 50.8 Å². The molecule has 30 heavy (non-hydrogen) atoms. The molecule has 6 heteroatoms. The molecule has 0 aliphatic carbocycles. The highest BCUT2D eigenvalue weighted by Crippen LogP contribution is 2.22. The van der Waals surface area contributed by atoms with Gasteiger partial charge in [0.05, 0.1) is 19.3 Å². The summed E-state index contributed by atoms with van der Waals surface area (Å²) < 4.78 is 10.6. The molecule has 0 unspecified atom stereocenters. The number of pyridine rings is 1. The molecule has 0 amide bonds. The number of esters is 1. The second kappa shape index (κ2) is 11.4. The number of rotatable bonds is 10. The average molecular weight is 412 g/mol. The molecular formula is C24H33N3O3. The van der Waals surface area contributed by atoms with Crippen LogP contribution in [-0.4, -0.2) is 50.8 Å². The number of hydrogen-bond acceptors (Lipinski definition) is 6. The maximum Gasteiger partial charge on any atom is 0.339 e. The van der Waals surface area contributed by atoms with E-state index in [4.69, 9.17) is 9.47 Å². The molecule has 1 aromatic heterocycles. The van der Waals surface area contributed by atoms with Crippen LogP contribution in [0.5, 0.6) is 5.75 Å². The van der Waals surface area contributed by atoms with E-state index in [0.29, 0.717) is 5.56 Å². The molecule has 0 atom stereocenters. The summed E-state index contributed by atoms with van der Waals surface area (Å²) in [5, 5.41) is 0. The van der Waals surface area contributed by atoms with Crippen molar-refractivity contribution < 1.29 is 14.3 Å². The van der Waals surface area contributed by atoms with E-state index < -0.39 is 0 Å². The summed E-state index contributed by atoms with van der Waals surface area (Å²) >= 11 is 0. The molecule has 1 aromatic carbocycles. The van der Waals surface area contributed by atoms with Gasteiger partial charge in [0.15, 0.2) is 0 Å². The first-order valence-electron chi connectivity index (χ1n) is 11.0. The van der Waals surface area contributed by atoms with Gasteiger partial charge in [-0.15, -0.1) is 0 Å². The molecule has 162 valence electrons. The highest BCUT2D eigenvalue weighted by atomic mass is 16.5. The van der Waals surface area contributed by atoms with Crippen molar-refractivity contribution in [3.63, 3.8) is 0 Å². The minimum Gasteiger partial charge on any atom is -0.494 e. The third-order valence-electron chi connectivity index (χ3n) is 5.49. The van der Waals surface area contributed by atoms with Gasteiger partial charge in [-0.05, 0) is 42.8 Å². The molecule has 1 fully saturated rings. The molecule has 6 nitrogen and oxygen atoms in total. The molecule has 1 aliphatic rings. The maximum atomic E-state index is 11.5. The van der Waals surface area contributed by atoms with Crippen LogP contribution in [0.1, 0.15) is 49.4 Å². The topological polar surface area (TPSA) is 54.9 Å². The van der Waals surface area contributed by atoms with Crippen LogP contribution in [0.2, 0.25) is 0 Å². The normalized spacial score (nSPS) is 13.9. The lowest BCUT2D eigenvalue weighted by atomic mass is 10.2. The van der Waals surface area contributed by atoms with Crippen LogP contribution in [0, 0.1) is 0 Å². The fourth-order valence-corrected chi connectivity index (χ4v) is 3.65. The first-order valence-corrected chi connectivity index (χ1v) is 11.0. The monoisotopic (exact) mass is 411 g/mol. The molecule has 2 aromatic rings. The molecule has 0 radical (unpaired) electrons. The van der Waals surface area contributed by atoms with Crippen molar-refractivity contribution >= 4 is 17.5 Å². The van der Waals surface area contributed by atoms with E-state index in [9.17, 15) is 4.79 Å². The number of ether oxygens (including phenoxy) is 2. The lowest BCUT2D eigenvalue weighted by Crippen LogP contribution is -2.46. The smallest absolute Gasteiger partial charge is 0.339 e. The lowest BCUT2D eigenvalue weighted by molar-refractivity contribution is 0.0600. The zero-order valence-electron chi connectivity index (χ0n) is 18.2. The Hall–Kier alpha value is -2.76. The highest BCUT2D eigenvalue weighted by Gasteiger charge is 2.19. The van der Waals surface area contributed by atoms with E-state index in [2.05, 4.69) is 46.0 Å². The van der Waals surface area contributed by atoms with Crippen molar-refractivity contribution in [3.05, 3.63) is 48.2 Å². The fraction of sp³-hybridized carbons (Fsp3) is 0.500. The molecule has 0 N–H and O–H groups in total. The van der Waals surface area contributed by atoms with Crippen molar-refractivity contribution in [1.82, 2.24) is 4.98 Å². The molecule has 2 heterocycles. The van der Waals surface area contributed by atoms with E-state index in [1.807, 2.05) is 6.07 Å². The van der Waals surface area contributed by atoms with Gasteiger partial charge in [0.25, 0.3) is 0 Å². The van der Waals surface area contributed by atoms with Gasteiger partial charge in [-0.1, -0.05) is 32.6 Å². The predicted octanol–water partition coefficient (Wildman–Crippen LogP) is 4.54. The minimum atomic E-state index is -0.359. The molecule has 3 rings (SSSR count). The number of carbonyl (C=O) groups is 1. The quantitative estimate of drug-likeness (QED) is 0.422.